The number of anilines is 1. The van der Waals surface area contributed by atoms with Gasteiger partial charge in [0.1, 0.15) is 23.4 Å². The molecule has 2 aromatic rings. The molecular formula is C21H22F4N2O4Si. The summed E-state index contributed by atoms with van der Waals surface area (Å²) in [7, 11) is -2.32. The van der Waals surface area contributed by atoms with Gasteiger partial charge in [-0.2, -0.15) is 8.78 Å². The fraction of sp³-hybridized carbons (Fsp3) is 0.333. The predicted octanol–water partition coefficient (Wildman–Crippen LogP) is 4.33. The molecule has 1 atom stereocenters. The summed E-state index contributed by atoms with van der Waals surface area (Å²) in [6.45, 7) is 2.23. The first-order valence-corrected chi connectivity index (χ1v) is 13.3. The minimum absolute atomic E-state index is 0.00256. The van der Waals surface area contributed by atoms with Crippen molar-refractivity contribution in [2.75, 3.05) is 11.9 Å². The van der Waals surface area contributed by atoms with E-state index < -0.39 is 44.4 Å². The van der Waals surface area contributed by atoms with Gasteiger partial charge in [-0.05, 0) is 41.8 Å². The number of alkyl halides is 2. The lowest BCUT2D eigenvalue weighted by Gasteiger charge is -2.34. The first kappa shape index (κ1) is 23.6. The lowest BCUT2D eigenvalue weighted by molar-refractivity contribution is -0.121. The number of nitrogens with zero attached hydrogens (tertiary/aromatic N) is 1. The average Bonchev–Trinajstić information content (AvgIpc) is 2.64. The second kappa shape index (κ2) is 8.81. The van der Waals surface area contributed by atoms with Crippen molar-refractivity contribution in [1.82, 2.24) is 4.90 Å². The van der Waals surface area contributed by atoms with Crippen molar-refractivity contribution >= 4 is 30.9 Å². The number of hydrogen-bond donors (Lipinski definition) is 2. The Balaban J connectivity index is 1.95. The lowest BCUT2D eigenvalue weighted by atomic mass is 9.92. The monoisotopic (exact) mass is 470 g/mol. The number of fused-ring (bicyclic) bond motifs is 1. The quantitative estimate of drug-likeness (QED) is 0.504. The fourth-order valence-corrected chi connectivity index (χ4v) is 5.42. The highest BCUT2D eigenvalue weighted by atomic mass is 28.3. The topological polar surface area (TPSA) is 78.9 Å². The summed E-state index contributed by atoms with van der Waals surface area (Å²) in [5.41, 5.74) is 0.590. The van der Waals surface area contributed by atoms with Crippen LogP contribution in [-0.2, 0) is 11.2 Å². The minimum Gasteiger partial charge on any atom is -0.465 e. The summed E-state index contributed by atoms with van der Waals surface area (Å²) in [4.78, 5) is 25.6. The second-order valence-electron chi connectivity index (χ2n) is 8.42. The van der Waals surface area contributed by atoms with E-state index in [1.807, 2.05) is 0 Å². The van der Waals surface area contributed by atoms with Gasteiger partial charge in [-0.25, -0.2) is 13.6 Å². The molecule has 172 valence electrons. The molecule has 0 fully saturated rings. The number of carboxylic acid groups (broad SMARTS) is 1. The van der Waals surface area contributed by atoms with Gasteiger partial charge in [0.05, 0.1) is 8.07 Å². The van der Waals surface area contributed by atoms with E-state index in [4.69, 9.17) is 0 Å². The molecule has 11 heteroatoms. The maximum atomic E-state index is 14.6. The molecule has 0 aliphatic carbocycles. The standard InChI is InChI=1S/C21H22F4N2O4Si/c1-32(2,3)18-15(22)9-12(10-16(18)23)26-19(28)17-14-5-4-13(31-20(24)25)8-11(14)6-7-27(17)21(29)30/h4-5,8-10,17,20H,6-7H2,1-3H3,(H,26,28)(H,29,30). The zero-order valence-electron chi connectivity index (χ0n) is 17.6. The molecule has 0 bridgehead atoms. The maximum Gasteiger partial charge on any atom is 0.408 e. The fourth-order valence-electron chi connectivity index (χ4n) is 3.84. The third-order valence-electron chi connectivity index (χ3n) is 5.12. The van der Waals surface area contributed by atoms with Gasteiger partial charge in [0.25, 0.3) is 5.91 Å². The highest BCUT2D eigenvalue weighted by Crippen LogP contribution is 2.34. The number of ether oxygens (including phenoxy) is 1. The zero-order valence-corrected chi connectivity index (χ0v) is 18.6. The predicted molar refractivity (Wildman–Crippen MR) is 112 cm³/mol. The molecule has 2 amide bonds. The van der Waals surface area contributed by atoms with Crippen LogP contribution in [0.15, 0.2) is 30.3 Å². The Morgan fingerprint density at radius 2 is 1.78 bits per heavy atom. The molecule has 0 saturated carbocycles. The van der Waals surface area contributed by atoms with Crippen LogP contribution in [-0.4, -0.2) is 43.2 Å². The van der Waals surface area contributed by atoms with Gasteiger partial charge in [-0.3, -0.25) is 9.69 Å². The van der Waals surface area contributed by atoms with Crippen molar-refractivity contribution in [3.8, 4) is 5.75 Å². The number of carbonyl (C=O) groups excluding carboxylic acids is 1. The number of hydrogen-bond acceptors (Lipinski definition) is 3. The Kier molecular flexibility index (Phi) is 6.49. The molecule has 0 spiro atoms. The Labute approximate surface area is 182 Å². The summed E-state index contributed by atoms with van der Waals surface area (Å²) < 4.78 is 58.5. The van der Waals surface area contributed by atoms with Crippen LogP contribution in [0, 0.1) is 11.6 Å². The smallest absolute Gasteiger partial charge is 0.408 e. The van der Waals surface area contributed by atoms with Crippen molar-refractivity contribution in [3.05, 3.63) is 53.1 Å². The van der Waals surface area contributed by atoms with Crippen LogP contribution < -0.4 is 15.2 Å². The normalized spacial score (nSPS) is 16.0. The van der Waals surface area contributed by atoms with E-state index in [9.17, 15) is 32.3 Å². The van der Waals surface area contributed by atoms with E-state index in [0.29, 0.717) is 5.56 Å². The number of carbonyl (C=O) groups is 2. The van der Waals surface area contributed by atoms with E-state index in [1.165, 1.54) is 18.2 Å². The molecule has 1 heterocycles. The lowest BCUT2D eigenvalue weighted by Crippen LogP contribution is -2.45. The zero-order chi connectivity index (χ0) is 23.8. The molecular weight excluding hydrogens is 448 g/mol. The molecule has 3 rings (SSSR count). The van der Waals surface area contributed by atoms with E-state index in [2.05, 4.69) is 10.1 Å². The summed E-state index contributed by atoms with van der Waals surface area (Å²) in [6, 6.07) is 4.54. The Bertz CT molecular complexity index is 1040. The van der Waals surface area contributed by atoms with E-state index in [1.54, 1.807) is 19.6 Å². The van der Waals surface area contributed by atoms with Crippen LogP contribution >= 0.6 is 0 Å². The summed E-state index contributed by atoms with van der Waals surface area (Å²) >= 11 is 0. The van der Waals surface area contributed by atoms with Crippen LogP contribution in [0.3, 0.4) is 0 Å². The molecule has 0 aromatic heterocycles. The summed E-state index contributed by atoms with van der Waals surface area (Å²) in [6.07, 6.45) is -1.19. The summed E-state index contributed by atoms with van der Waals surface area (Å²) in [5, 5.41) is 11.9. The Morgan fingerprint density at radius 1 is 1.16 bits per heavy atom. The van der Waals surface area contributed by atoms with Gasteiger partial charge in [0, 0.05) is 17.4 Å². The highest BCUT2D eigenvalue weighted by molar-refractivity contribution is 6.88. The number of amides is 2. The van der Waals surface area contributed by atoms with E-state index in [-0.39, 0.29) is 35.2 Å². The van der Waals surface area contributed by atoms with Crippen LogP contribution in [0.5, 0.6) is 5.75 Å². The molecule has 6 nitrogen and oxygen atoms in total. The average molecular weight is 470 g/mol. The van der Waals surface area contributed by atoms with Gasteiger partial charge in [0.15, 0.2) is 0 Å². The van der Waals surface area contributed by atoms with Crippen molar-refractivity contribution in [2.45, 2.75) is 38.7 Å². The van der Waals surface area contributed by atoms with Gasteiger partial charge in [0.2, 0.25) is 0 Å². The number of nitrogens with one attached hydrogen (secondary N) is 1. The highest BCUT2D eigenvalue weighted by Gasteiger charge is 2.36. The molecule has 1 aliphatic rings. The molecule has 0 radical (unpaired) electrons. The van der Waals surface area contributed by atoms with Crippen LogP contribution in [0.1, 0.15) is 17.2 Å². The third kappa shape index (κ3) is 4.87. The Hall–Kier alpha value is -3.08. The first-order valence-electron chi connectivity index (χ1n) is 9.76. The van der Waals surface area contributed by atoms with Crippen molar-refractivity contribution < 1.29 is 37.0 Å². The largest absolute Gasteiger partial charge is 0.465 e. The van der Waals surface area contributed by atoms with Gasteiger partial charge >= 0.3 is 12.7 Å². The molecule has 2 aromatic carbocycles. The first-order chi connectivity index (χ1) is 14.9. The maximum absolute atomic E-state index is 14.6. The van der Waals surface area contributed by atoms with E-state index in [0.717, 1.165) is 17.0 Å². The van der Waals surface area contributed by atoms with Crippen molar-refractivity contribution in [3.63, 3.8) is 0 Å². The van der Waals surface area contributed by atoms with Crippen LogP contribution in [0.25, 0.3) is 0 Å². The van der Waals surface area contributed by atoms with Gasteiger partial charge in [-0.1, -0.05) is 25.7 Å². The van der Waals surface area contributed by atoms with E-state index >= 15 is 0 Å². The molecule has 0 saturated heterocycles. The van der Waals surface area contributed by atoms with Crippen molar-refractivity contribution in [1.29, 1.82) is 0 Å². The molecule has 32 heavy (non-hydrogen) atoms. The Morgan fingerprint density at radius 3 is 2.31 bits per heavy atom. The number of benzene rings is 2. The van der Waals surface area contributed by atoms with Crippen LogP contribution in [0.2, 0.25) is 19.6 Å². The molecule has 2 N–H and O–H groups in total. The van der Waals surface area contributed by atoms with Gasteiger partial charge in [-0.15, -0.1) is 0 Å². The SMILES string of the molecule is C[Si](C)(C)c1c(F)cc(NC(=O)C2c3ccc(OC(F)F)cc3CCN2C(=O)O)cc1F. The molecule has 1 unspecified atom stereocenters. The number of rotatable bonds is 5. The summed E-state index contributed by atoms with van der Waals surface area (Å²) in [5.74, 6) is -2.51. The number of halogens is 4. The van der Waals surface area contributed by atoms with Crippen molar-refractivity contribution in [2.24, 2.45) is 0 Å². The van der Waals surface area contributed by atoms with Gasteiger partial charge < -0.3 is 15.2 Å². The van der Waals surface area contributed by atoms with Crippen LogP contribution in [0.4, 0.5) is 28.0 Å². The second-order valence-corrected chi connectivity index (χ2v) is 13.4. The third-order valence-corrected chi connectivity index (χ3v) is 7.10. The molecule has 1 aliphatic heterocycles. The minimum atomic E-state index is -3.03.